The van der Waals surface area contributed by atoms with Crippen LogP contribution in [0.3, 0.4) is 0 Å². The van der Waals surface area contributed by atoms with Gasteiger partial charge in [-0.15, -0.1) is 0 Å². The van der Waals surface area contributed by atoms with Crippen molar-refractivity contribution in [3.05, 3.63) is 29.8 Å². The van der Waals surface area contributed by atoms with Crippen LogP contribution >= 0.6 is 0 Å². The summed E-state index contributed by atoms with van der Waals surface area (Å²) in [7, 11) is 0. The Hall–Kier alpha value is -1.61. The van der Waals surface area contributed by atoms with Crippen molar-refractivity contribution in [2.24, 2.45) is 0 Å². The zero-order chi connectivity index (χ0) is 15.0. The zero-order valence-electron chi connectivity index (χ0n) is 12.0. The molecule has 0 aliphatic rings. The molecule has 0 saturated heterocycles. The summed E-state index contributed by atoms with van der Waals surface area (Å²) in [5.41, 5.74) is 0.529. The first-order valence-electron chi connectivity index (χ1n) is 6.72. The predicted octanol–water partition coefficient (Wildman–Crippen LogP) is 1.00. The van der Waals surface area contributed by atoms with E-state index in [-0.39, 0.29) is 19.3 Å². The fraction of sp³-hybridized carbons (Fsp3) is 0.533. The number of rotatable bonds is 8. The first kappa shape index (κ1) is 16.4. The van der Waals surface area contributed by atoms with E-state index in [1.54, 1.807) is 24.3 Å². The second-order valence-electron chi connectivity index (χ2n) is 4.92. The van der Waals surface area contributed by atoms with Crippen molar-refractivity contribution < 1.29 is 14.9 Å². The zero-order valence-corrected chi connectivity index (χ0v) is 12.0. The van der Waals surface area contributed by atoms with Gasteiger partial charge in [-0.25, -0.2) is 0 Å². The minimum absolute atomic E-state index is 0.0654. The molecule has 110 valence electrons. The molecule has 20 heavy (non-hydrogen) atoms. The Labute approximate surface area is 120 Å². The van der Waals surface area contributed by atoms with E-state index in [0.29, 0.717) is 24.4 Å². The summed E-state index contributed by atoms with van der Waals surface area (Å²) in [5.74, 6) is 0.571. The number of nitriles is 1. The summed E-state index contributed by atoms with van der Waals surface area (Å²) in [6.45, 7) is 5.22. The molecular formula is C15H22N2O3. The van der Waals surface area contributed by atoms with Crippen LogP contribution in [0.2, 0.25) is 0 Å². The van der Waals surface area contributed by atoms with Crippen LogP contribution in [0.4, 0.5) is 0 Å². The number of benzene rings is 1. The third kappa shape index (κ3) is 5.57. The SMILES string of the molecule is CC(C)N(CCO)CC(O)COc1cccc(C#N)c1. The number of hydrogen-bond donors (Lipinski definition) is 2. The van der Waals surface area contributed by atoms with Gasteiger partial charge in [0.1, 0.15) is 18.5 Å². The van der Waals surface area contributed by atoms with Crippen LogP contribution < -0.4 is 4.74 Å². The maximum atomic E-state index is 9.97. The fourth-order valence-corrected chi connectivity index (χ4v) is 1.86. The summed E-state index contributed by atoms with van der Waals surface area (Å²) in [5, 5.41) is 27.7. The van der Waals surface area contributed by atoms with Crippen molar-refractivity contribution in [2.75, 3.05) is 26.3 Å². The van der Waals surface area contributed by atoms with Gasteiger partial charge in [0.25, 0.3) is 0 Å². The van der Waals surface area contributed by atoms with Gasteiger partial charge in [0.15, 0.2) is 0 Å². The van der Waals surface area contributed by atoms with Crippen molar-refractivity contribution >= 4 is 0 Å². The summed E-state index contributed by atoms with van der Waals surface area (Å²) >= 11 is 0. The number of hydrogen-bond acceptors (Lipinski definition) is 5. The molecule has 1 aromatic carbocycles. The van der Waals surface area contributed by atoms with E-state index in [2.05, 4.69) is 0 Å². The van der Waals surface area contributed by atoms with E-state index in [1.807, 2.05) is 24.8 Å². The molecule has 5 heteroatoms. The lowest BCUT2D eigenvalue weighted by molar-refractivity contribution is 0.0502. The second-order valence-corrected chi connectivity index (χ2v) is 4.92. The van der Waals surface area contributed by atoms with Crippen LogP contribution in [0.25, 0.3) is 0 Å². The fourth-order valence-electron chi connectivity index (χ4n) is 1.86. The highest BCUT2D eigenvalue weighted by Crippen LogP contribution is 2.13. The average molecular weight is 278 g/mol. The molecule has 0 aromatic heterocycles. The smallest absolute Gasteiger partial charge is 0.120 e. The molecular weight excluding hydrogens is 256 g/mol. The van der Waals surface area contributed by atoms with Crippen molar-refractivity contribution in [3.63, 3.8) is 0 Å². The average Bonchev–Trinajstić information content (AvgIpc) is 2.44. The third-order valence-corrected chi connectivity index (χ3v) is 2.97. The molecule has 1 atom stereocenters. The van der Waals surface area contributed by atoms with Gasteiger partial charge in [-0.2, -0.15) is 5.26 Å². The van der Waals surface area contributed by atoms with Crippen molar-refractivity contribution in [1.82, 2.24) is 4.90 Å². The number of ether oxygens (including phenoxy) is 1. The highest BCUT2D eigenvalue weighted by atomic mass is 16.5. The van der Waals surface area contributed by atoms with Gasteiger partial charge in [0.05, 0.1) is 18.2 Å². The van der Waals surface area contributed by atoms with Gasteiger partial charge in [-0.05, 0) is 32.0 Å². The normalized spacial score (nSPS) is 12.4. The van der Waals surface area contributed by atoms with E-state index >= 15 is 0 Å². The quantitative estimate of drug-likeness (QED) is 0.742. The van der Waals surface area contributed by atoms with Crippen LogP contribution in [0.15, 0.2) is 24.3 Å². The number of aliphatic hydroxyl groups is 2. The molecule has 5 nitrogen and oxygen atoms in total. The Morgan fingerprint density at radius 1 is 1.40 bits per heavy atom. The van der Waals surface area contributed by atoms with Gasteiger partial charge in [-0.3, -0.25) is 4.90 Å². The molecule has 0 amide bonds. The number of aliphatic hydroxyl groups excluding tert-OH is 2. The molecule has 0 aliphatic heterocycles. The Bertz CT molecular complexity index is 443. The van der Waals surface area contributed by atoms with Gasteiger partial charge in [-0.1, -0.05) is 6.07 Å². The summed E-state index contributed by atoms with van der Waals surface area (Å²) in [6.07, 6.45) is -0.644. The molecule has 1 aromatic rings. The van der Waals surface area contributed by atoms with Crippen LogP contribution in [-0.2, 0) is 0 Å². The number of nitrogens with zero attached hydrogens (tertiary/aromatic N) is 2. The van der Waals surface area contributed by atoms with E-state index in [4.69, 9.17) is 15.1 Å². The highest BCUT2D eigenvalue weighted by Gasteiger charge is 2.14. The molecule has 0 fully saturated rings. The second kappa shape index (κ2) is 8.54. The monoisotopic (exact) mass is 278 g/mol. The molecule has 1 rings (SSSR count). The minimum atomic E-state index is -0.644. The summed E-state index contributed by atoms with van der Waals surface area (Å²) < 4.78 is 5.48. The molecule has 1 unspecified atom stereocenters. The first-order valence-corrected chi connectivity index (χ1v) is 6.72. The van der Waals surface area contributed by atoms with Crippen molar-refractivity contribution in [2.45, 2.75) is 26.0 Å². The standard InChI is InChI=1S/C15H22N2O3/c1-12(2)17(6-7-18)10-14(19)11-20-15-5-3-4-13(8-15)9-16/h3-5,8,12,14,18-19H,6-7,10-11H2,1-2H3. The Morgan fingerprint density at radius 3 is 2.75 bits per heavy atom. The molecule has 0 saturated carbocycles. The Morgan fingerprint density at radius 2 is 2.15 bits per heavy atom. The van der Waals surface area contributed by atoms with E-state index in [9.17, 15) is 5.11 Å². The van der Waals surface area contributed by atoms with Gasteiger partial charge >= 0.3 is 0 Å². The van der Waals surface area contributed by atoms with Crippen LogP contribution in [0.1, 0.15) is 19.4 Å². The van der Waals surface area contributed by atoms with E-state index in [0.717, 1.165) is 0 Å². The third-order valence-electron chi connectivity index (χ3n) is 2.97. The molecule has 0 spiro atoms. The topological polar surface area (TPSA) is 76.7 Å². The Kier molecular flexibility index (Phi) is 7.02. The molecule has 0 radical (unpaired) electrons. The lowest BCUT2D eigenvalue weighted by Gasteiger charge is -2.27. The highest BCUT2D eigenvalue weighted by molar-refractivity contribution is 5.36. The minimum Gasteiger partial charge on any atom is -0.491 e. The summed E-state index contributed by atoms with van der Waals surface area (Å²) in [6, 6.07) is 9.12. The first-order chi connectivity index (χ1) is 9.56. The van der Waals surface area contributed by atoms with E-state index in [1.165, 1.54) is 0 Å². The lowest BCUT2D eigenvalue weighted by atomic mass is 10.2. The largest absolute Gasteiger partial charge is 0.491 e. The molecule has 0 aliphatic carbocycles. The van der Waals surface area contributed by atoms with Crippen molar-refractivity contribution in [3.8, 4) is 11.8 Å². The molecule has 0 bridgehead atoms. The van der Waals surface area contributed by atoms with Crippen LogP contribution in [0, 0.1) is 11.3 Å². The maximum Gasteiger partial charge on any atom is 0.120 e. The van der Waals surface area contributed by atoms with Gasteiger partial charge < -0.3 is 14.9 Å². The van der Waals surface area contributed by atoms with E-state index < -0.39 is 6.10 Å². The predicted molar refractivity (Wildman–Crippen MR) is 76.5 cm³/mol. The van der Waals surface area contributed by atoms with Crippen LogP contribution in [-0.4, -0.2) is 53.6 Å². The summed E-state index contributed by atoms with van der Waals surface area (Å²) in [4.78, 5) is 1.99. The Balaban J connectivity index is 2.46. The van der Waals surface area contributed by atoms with Gasteiger partial charge in [0.2, 0.25) is 0 Å². The van der Waals surface area contributed by atoms with Gasteiger partial charge in [0, 0.05) is 19.1 Å². The maximum absolute atomic E-state index is 9.97. The molecule has 2 N–H and O–H groups in total. The van der Waals surface area contributed by atoms with Crippen molar-refractivity contribution in [1.29, 1.82) is 5.26 Å². The lowest BCUT2D eigenvalue weighted by Crippen LogP contribution is -2.41. The molecule has 0 heterocycles. The van der Waals surface area contributed by atoms with Crippen LogP contribution in [0.5, 0.6) is 5.75 Å².